The number of nitrogens with one attached hydrogen (secondary N) is 2. The number of rotatable bonds is 5. The predicted octanol–water partition coefficient (Wildman–Crippen LogP) is 4.98. The van der Waals surface area contributed by atoms with Crippen LogP contribution >= 0.6 is 11.3 Å². The van der Waals surface area contributed by atoms with Gasteiger partial charge in [0, 0.05) is 17.6 Å². The van der Waals surface area contributed by atoms with Crippen LogP contribution in [-0.2, 0) is 16.2 Å². The molecule has 0 unspecified atom stereocenters. The highest BCUT2D eigenvalue weighted by atomic mass is 32.2. The van der Waals surface area contributed by atoms with E-state index in [1.807, 2.05) is 0 Å². The first-order valence-electron chi connectivity index (χ1n) is 10.5. The van der Waals surface area contributed by atoms with Crippen LogP contribution in [0.3, 0.4) is 0 Å². The number of alkyl halides is 3. The summed E-state index contributed by atoms with van der Waals surface area (Å²) < 4.78 is 67.5. The van der Waals surface area contributed by atoms with Crippen LogP contribution < -0.4 is 15.6 Å². The van der Waals surface area contributed by atoms with Crippen molar-refractivity contribution in [1.29, 1.82) is 0 Å². The third-order valence-electron chi connectivity index (χ3n) is 5.30. The lowest BCUT2D eigenvalue weighted by atomic mass is 10.2. The summed E-state index contributed by atoms with van der Waals surface area (Å²) in [6, 6.07) is 15.5. The topological polar surface area (TPSA) is 110 Å². The molecule has 0 radical (unpaired) electrons. The Kier molecular flexibility index (Phi) is 5.96. The van der Waals surface area contributed by atoms with E-state index in [9.17, 15) is 31.2 Å². The van der Waals surface area contributed by atoms with E-state index < -0.39 is 27.7 Å². The molecule has 188 valence electrons. The van der Waals surface area contributed by atoms with E-state index in [0.717, 1.165) is 23.5 Å². The molecule has 2 aromatic carbocycles. The Morgan fingerprint density at radius 2 is 1.70 bits per heavy atom. The minimum absolute atomic E-state index is 0.214. The van der Waals surface area contributed by atoms with E-state index >= 15 is 0 Å². The number of benzene rings is 2. The number of carbonyl (C=O) groups is 1. The van der Waals surface area contributed by atoms with Gasteiger partial charge in [0.15, 0.2) is 0 Å². The van der Waals surface area contributed by atoms with Crippen molar-refractivity contribution >= 4 is 54.5 Å². The molecule has 0 aliphatic rings. The molecular formula is C24H15F3N4O4S2. The van der Waals surface area contributed by atoms with Crippen LogP contribution in [0.5, 0.6) is 0 Å². The van der Waals surface area contributed by atoms with Crippen LogP contribution in [0.25, 0.3) is 15.9 Å². The van der Waals surface area contributed by atoms with Crippen LogP contribution in [-0.4, -0.2) is 23.7 Å². The van der Waals surface area contributed by atoms with Crippen molar-refractivity contribution in [3.05, 3.63) is 99.8 Å². The molecule has 0 fully saturated rings. The molecule has 5 aromatic rings. The van der Waals surface area contributed by atoms with Gasteiger partial charge in [-0.05, 0) is 60.7 Å². The molecule has 0 spiro atoms. The van der Waals surface area contributed by atoms with Crippen molar-refractivity contribution in [3.63, 3.8) is 0 Å². The second kappa shape index (κ2) is 9.01. The van der Waals surface area contributed by atoms with E-state index in [0.29, 0.717) is 21.9 Å². The largest absolute Gasteiger partial charge is 0.416 e. The molecule has 5 rings (SSSR count). The molecule has 2 N–H and O–H groups in total. The Hall–Kier alpha value is -4.23. The number of halogens is 3. The minimum Gasteiger partial charge on any atom is -0.321 e. The van der Waals surface area contributed by atoms with E-state index in [-0.39, 0.29) is 26.7 Å². The summed E-state index contributed by atoms with van der Waals surface area (Å²) in [6.45, 7) is 0. The number of aromatic nitrogens is 2. The normalized spacial score (nSPS) is 12.1. The number of hydrogen-bond donors (Lipinski definition) is 2. The van der Waals surface area contributed by atoms with Gasteiger partial charge < -0.3 is 5.32 Å². The molecule has 0 saturated carbocycles. The molecule has 3 aromatic heterocycles. The van der Waals surface area contributed by atoms with Crippen LogP contribution in [0, 0.1) is 0 Å². The van der Waals surface area contributed by atoms with Crippen LogP contribution in [0.2, 0.25) is 0 Å². The van der Waals surface area contributed by atoms with Crippen molar-refractivity contribution in [3.8, 4) is 0 Å². The Balaban J connectivity index is 1.34. The van der Waals surface area contributed by atoms with Crippen molar-refractivity contribution < 1.29 is 26.4 Å². The summed E-state index contributed by atoms with van der Waals surface area (Å²) in [5.74, 6) is -0.519. The van der Waals surface area contributed by atoms with Gasteiger partial charge in [-0.25, -0.2) is 13.4 Å². The van der Waals surface area contributed by atoms with Crippen molar-refractivity contribution in [2.75, 3.05) is 10.0 Å². The van der Waals surface area contributed by atoms with Crippen LogP contribution in [0.4, 0.5) is 24.5 Å². The van der Waals surface area contributed by atoms with Crippen molar-refractivity contribution in [1.82, 2.24) is 9.38 Å². The van der Waals surface area contributed by atoms with Gasteiger partial charge in [0.1, 0.15) is 10.5 Å². The maximum Gasteiger partial charge on any atom is 0.416 e. The maximum absolute atomic E-state index is 12.9. The van der Waals surface area contributed by atoms with E-state index in [4.69, 9.17) is 0 Å². The summed E-state index contributed by atoms with van der Waals surface area (Å²) >= 11 is 1.04. The Bertz CT molecular complexity index is 1830. The first-order valence-corrected chi connectivity index (χ1v) is 12.8. The highest BCUT2D eigenvalue weighted by Crippen LogP contribution is 2.31. The highest BCUT2D eigenvalue weighted by molar-refractivity contribution is 7.92. The number of fused-ring (bicyclic) bond motifs is 2. The molecule has 37 heavy (non-hydrogen) atoms. The summed E-state index contributed by atoms with van der Waals surface area (Å²) in [5.41, 5.74) is -0.814. The maximum atomic E-state index is 12.9. The fraction of sp³-hybridized carbons (Fsp3) is 0.0417. The summed E-state index contributed by atoms with van der Waals surface area (Å²) in [5, 5.41) is 2.92. The second-order valence-corrected chi connectivity index (χ2v) is 10.6. The van der Waals surface area contributed by atoms with Gasteiger partial charge in [-0.3, -0.25) is 18.7 Å². The van der Waals surface area contributed by atoms with Gasteiger partial charge in [-0.1, -0.05) is 12.1 Å². The quantitative estimate of drug-likeness (QED) is 0.324. The van der Waals surface area contributed by atoms with Crippen molar-refractivity contribution in [2.45, 2.75) is 11.1 Å². The van der Waals surface area contributed by atoms with E-state index in [1.165, 1.54) is 40.8 Å². The van der Waals surface area contributed by atoms with Gasteiger partial charge >= 0.3 is 6.18 Å². The van der Waals surface area contributed by atoms with Crippen LogP contribution in [0.1, 0.15) is 15.2 Å². The van der Waals surface area contributed by atoms with Gasteiger partial charge in [-0.15, -0.1) is 11.3 Å². The highest BCUT2D eigenvalue weighted by Gasteiger charge is 2.30. The summed E-state index contributed by atoms with van der Waals surface area (Å²) in [6.07, 6.45) is -3.04. The number of thiophene rings is 1. The Morgan fingerprint density at radius 3 is 2.43 bits per heavy atom. The average Bonchev–Trinajstić information content (AvgIpc) is 3.29. The molecular weight excluding hydrogens is 529 g/mol. The van der Waals surface area contributed by atoms with Crippen LogP contribution in [0.15, 0.2) is 88.7 Å². The van der Waals surface area contributed by atoms with Crippen molar-refractivity contribution in [2.24, 2.45) is 0 Å². The third-order valence-corrected chi connectivity index (χ3v) is 7.73. The lowest BCUT2D eigenvalue weighted by Crippen LogP contribution is -2.15. The first kappa shape index (κ1) is 24.5. The standard InChI is InChI=1S/C24H15F3N4O4S2/c25-24(26,27)14-4-3-5-16(12-14)30-37(34,35)17-9-7-15(8-10-17)28-21(32)19-13-18-22(36-19)29-20-6-1-2-11-31(20)23(18)33/h1-13,30H,(H,28,32). The lowest BCUT2D eigenvalue weighted by Gasteiger charge is -2.12. The number of carbonyl (C=O) groups excluding carboxylic acids is 1. The minimum atomic E-state index is -4.62. The van der Waals surface area contributed by atoms with E-state index in [1.54, 1.807) is 24.4 Å². The SMILES string of the molecule is O=C(Nc1ccc(S(=O)(=O)Nc2cccc(C(F)(F)F)c2)cc1)c1cc2c(=O)n3ccccc3nc2s1. The molecule has 1 amide bonds. The Labute approximate surface area is 211 Å². The third kappa shape index (κ3) is 4.90. The van der Waals surface area contributed by atoms with E-state index in [2.05, 4.69) is 15.0 Å². The Morgan fingerprint density at radius 1 is 0.946 bits per heavy atom. The molecule has 0 bridgehead atoms. The fourth-order valence-electron chi connectivity index (χ4n) is 3.54. The smallest absolute Gasteiger partial charge is 0.321 e. The van der Waals surface area contributed by atoms with Gasteiger partial charge in [0.2, 0.25) is 0 Å². The number of pyridine rings is 1. The average molecular weight is 545 g/mol. The molecule has 0 atom stereocenters. The summed E-state index contributed by atoms with van der Waals surface area (Å²) in [7, 11) is -4.19. The van der Waals surface area contributed by atoms with Gasteiger partial charge in [0.25, 0.3) is 21.5 Å². The molecule has 13 heteroatoms. The number of hydrogen-bond acceptors (Lipinski definition) is 6. The fourth-order valence-corrected chi connectivity index (χ4v) is 5.52. The molecule has 3 heterocycles. The van der Waals surface area contributed by atoms with Gasteiger partial charge in [0.05, 0.1) is 20.7 Å². The zero-order valence-corrected chi connectivity index (χ0v) is 20.1. The number of sulfonamides is 1. The lowest BCUT2D eigenvalue weighted by molar-refractivity contribution is -0.137. The van der Waals surface area contributed by atoms with Gasteiger partial charge in [-0.2, -0.15) is 13.2 Å². The first-order chi connectivity index (χ1) is 17.5. The molecule has 0 aliphatic carbocycles. The number of amides is 1. The zero-order valence-electron chi connectivity index (χ0n) is 18.5. The predicted molar refractivity (Wildman–Crippen MR) is 133 cm³/mol. The summed E-state index contributed by atoms with van der Waals surface area (Å²) in [4.78, 5) is 30.3. The molecule has 8 nitrogen and oxygen atoms in total. The molecule has 0 saturated heterocycles. The number of anilines is 2. The monoisotopic (exact) mass is 544 g/mol. The number of nitrogens with zero attached hydrogens (tertiary/aromatic N) is 2. The zero-order chi connectivity index (χ0) is 26.4. The second-order valence-electron chi connectivity index (χ2n) is 7.84. The molecule has 0 aliphatic heterocycles.